The molecule has 0 spiro atoms. The first kappa shape index (κ1) is 25.2. The van der Waals surface area contributed by atoms with Crippen molar-refractivity contribution in [3.8, 4) is 0 Å². The lowest BCUT2D eigenvalue weighted by atomic mass is 9.95. The average Bonchev–Trinajstić information content (AvgIpc) is 2.65. The number of benzene rings is 1. The van der Waals surface area contributed by atoms with Gasteiger partial charge in [-0.05, 0) is 49.8 Å². The highest BCUT2D eigenvalue weighted by Gasteiger charge is 2.23. The monoisotopic (exact) mass is 515 g/mol. The lowest BCUT2D eigenvalue weighted by Crippen LogP contribution is -2.47. The average molecular weight is 515 g/mol. The van der Waals surface area contributed by atoms with Crippen LogP contribution < -0.4 is 16.4 Å². The van der Waals surface area contributed by atoms with Gasteiger partial charge in [-0.1, -0.05) is 19.1 Å². The van der Waals surface area contributed by atoms with Gasteiger partial charge in [0.1, 0.15) is 0 Å². The molecule has 0 aromatic heterocycles. The van der Waals surface area contributed by atoms with Crippen molar-refractivity contribution in [3.05, 3.63) is 29.8 Å². The zero-order valence-corrected chi connectivity index (χ0v) is 19.8. The first-order valence-corrected chi connectivity index (χ1v) is 10.2. The van der Waals surface area contributed by atoms with Gasteiger partial charge in [-0.3, -0.25) is 9.59 Å². The first-order chi connectivity index (χ1) is 13.5. The van der Waals surface area contributed by atoms with Crippen LogP contribution >= 0.6 is 24.0 Å². The van der Waals surface area contributed by atoms with E-state index in [1.165, 1.54) is 0 Å². The zero-order valence-electron chi connectivity index (χ0n) is 17.4. The lowest BCUT2D eigenvalue weighted by molar-refractivity contribution is -0.119. The number of primary amides is 1. The highest BCUT2D eigenvalue weighted by molar-refractivity contribution is 14.0. The number of hydrogen-bond donors (Lipinski definition) is 3. The van der Waals surface area contributed by atoms with Gasteiger partial charge in [-0.15, -0.1) is 24.0 Å². The topological polar surface area (TPSA) is 99.8 Å². The third kappa shape index (κ3) is 9.01. The fraction of sp³-hybridized carbons (Fsp3) is 0.571. The van der Waals surface area contributed by atoms with Crippen molar-refractivity contribution in [1.82, 2.24) is 10.2 Å². The Balaban J connectivity index is 0.00000420. The molecule has 4 N–H and O–H groups in total. The summed E-state index contributed by atoms with van der Waals surface area (Å²) in [5, 5.41) is 6.28. The summed E-state index contributed by atoms with van der Waals surface area (Å²) in [7, 11) is 0. The number of amides is 2. The maximum absolute atomic E-state index is 11.8. The predicted molar refractivity (Wildman–Crippen MR) is 128 cm³/mol. The minimum absolute atomic E-state index is 0. The van der Waals surface area contributed by atoms with Crippen LogP contribution in [0.3, 0.4) is 0 Å². The molecule has 0 aliphatic carbocycles. The Morgan fingerprint density at radius 1 is 1.31 bits per heavy atom. The van der Waals surface area contributed by atoms with Crippen LogP contribution in [0.25, 0.3) is 0 Å². The number of hydrogen-bond acceptors (Lipinski definition) is 3. The Labute approximate surface area is 190 Å². The number of halogens is 1. The summed E-state index contributed by atoms with van der Waals surface area (Å²) in [5.74, 6) is 0.935. The molecule has 1 atom stereocenters. The molecule has 1 heterocycles. The number of likely N-dealkylation sites (tertiary alicyclic amines) is 1. The molecule has 8 heteroatoms. The highest BCUT2D eigenvalue weighted by atomic mass is 127. The molecule has 0 radical (unpaired) electrons. The van der Waals surface area contributed by atoms with Crippen molar-refractivity contribution >= 4 is 47.4 Å². The quantitative estimate of drug-likeness (QED) is 0.282. The second-order valence-corrected chi connectivity index (χ2v) is 7.29. The number of rotatable bonds is 8. The van der Waals surface area contributed by atoms with Crippen molar-refractivity contribution in [2.45, 2.75) is 52.5 Å². The summed E-state index contributed by atoms with van der Waals surface area (Å²) in [5.41, 5.74) is 7.21. The predicted octanol–water partition coefficient (Wildman–Crippen LogP) is 3.10. The smallest absolute Gasteiger partial charge is 0.224 e. The number of nitrogens with two attached hydrogens (primary N) is 1. The van der Waals surface area contributed by atoms with Gasteiger partial charge in [-0.25, -0.2) is 4.99 Å². The minimum atomic E-state index is -0.240. The summed E-state index contributed by atoms with van der Waals surface area (Å²) in [6, 6.07) is 7.80. The van der Waals surface area contributed by atoms with Gasteiger partial charge in [0, 0.05) is 38.2 Å². The van der Waals surface area contributed by atoms with Gasteiger partial charge in [0.25, 0.3) is 0 Å². The SMILES string of the molecule is CCCC(=O)Nc1cccc(CN=C(NCC)N2CCCC(CC(N)=O)C2)c1.I. The Bertz CT molecular complexity index is 695. The van der Waals surface area contributed by atoms with E-state index in [-0.39, 0.29) is 41.7 Å². The van der Waals surface area contributed by atoms with Gasteiger partial charge >= 0.3 is 0 Å². The van der Waals surface area contributed by atoms with E-state index in [2.05, 4.69) is 15.5 Å². The van der Waals surface area contributed by atoms with Crippen molar-refractivity contribution in [1.29, 1.82) is 0 Å². The van der Waals surface area contributed by atoms with E-state index in [0.717, 1.165) is 56.1 Å². The standard InChI is InChI=1S/C21H33N5O2.HI/c1-3-7-20(28)25-18-10-5-8-16(12-18)14-24-21(23-4-2)26-11-6-9-17(15-26)13-19(22)27;/h5,8,10,12,17H,3-4,6-7,9,11,13-15H2,1-2H3,(H2,22,27)(H,23,24)(H,25,28);1H. The first-order valence-electron chi connectivity index (χ1n) is 10.2. The van der Waals surface area contributed by atoms with Crippen molar-refractivity contribution in [3.63, 3.8) is 0 Å². The second-order valence-electron chi connectivity index (χ2n) is 7.29. The zero-order chi connectivity index (χ0) is 20.4. The molecular formula is C21H34IN5O2. The van der Waals surface area contributed by atoms with Crippen LogP contribution in [-0.2, 0) is 16.1 Å². The summed E-state index contributed by atoms with van der Waals surface area (Å²) >= 11 is 0. The van der Waals surface area contributed by atoms with Crippen LogP contribution in [0.5, 0.6) is 0 Å². The molecule has 162 valence electrons. The molecule has 29 heavy (non-hydrogen) atoms. The number of carbonyl (C=O) groups excluding carboxylic acids is 2. The molecule has 1 saturated heterocycles. The fourth-order valence-electron chi connectivity index (χ4n) is 3.50. The molecule has 1 aliphatic heterocycles. The molecule has 1 fully saturated rings. The van der Waals surface area contributed by atoms with Crippen LogP contribution in [0.1, 0.15) is 51.5 Å². The Morgan fingerprint density at radius 2 is 2.10 bits per heavy atom. The van der Waals surface area contributed by atoms with Crippen LogP contribution in [0.2, 0.25) is 0 Å². The lowest BCUT2D eigenvalue weighted by Gasteiger charge is -2.34. The van der Waals surface area contributed by atoms with Crippen LogP contribution in [-0.4, -0.2) is 42.3 Å². The van der Waals surface area contributed by atoms with Gasteiger partial charge in [0.05, 0.1) is 6.54 Å². The molecule has 7 nitrogen and oxygen atoms in total. The fourth-order valence-corrected chi connectivity index (χ4v) is 3.50. The third-order valence-corrected chi connectivity index (χ3v) is 4.74. The Morgan fingerprint density at radius 3 is 2.79 bits per heavy atom. The summed E-state index contributed by atoms with van der Waals surface area (Å²) in [6.07, 6.45) is 3.83. The number of aliphatic imine (C=N–C) groups is 1. The van der Waals surface area contributed by atoms with E-state index in [1.807, 2.05) is 38.1 Å². The largest absolute Gasteiger partial charge is 0.370 e. The van der Waals surface area contributed by atoms with Gasteiger partial charge < -0.3 is 21.3 Å². The summed E-state index contributed by atoms with van der Waals surface area (Å²) in [6.45, 7) is 7.06. The number of nitrogens with zero attached hydrogens (tertiary/aromatic N) is 2. The molecule has 2 amide bonds. The maximum atomic E-state index is 11.8. The van der Waals surface area contributed by atoms with E-state index < -0.39 is 0 Å². The number of nitrogens with one attached hydrogen (secondary N) is 2. The van der Waals surface area contributed by atoms with E-state index in [0.29, 0.717) is 19.4 Å². The third-order valence-electron chi connectivity index (χ3n) is 4.74. The number of anilines is 1. The minimum Gasteiger partial charge on any atom is -0.370 e. The molecule has 2 rings (SSSR count). The highest BCUT2D eigenvalue weighted by Crippen LogP contribution is 2.20. The number of piperidine rings is 1. The normalized spacial score (nSPS) is 16.7. The molecule has 0 saturated carbocycles. The molecule has 1 unspecified atom stereocenters. The van der Waals surface area contributed by atoms with Gasteiger partial charge in [-0.2, -0.15) is 0 Å². The van der Waals surface area contributed by atoms with E-state index in [9.17, 15) is 9.59 Å². The molecule has 1 aliphatic rings. The van der Waals surface area contributed by atoms with Crippen molar-refractivity contribution in [2.24, 2.45) is 16.6 Å². The van der Waals surface area contributed by atoms with Crippen LogP contribution in [0.4, 0.5) is 5.69 Å². The molecular weight excluding hydrogens is 481 g/mol. The van der Waals surface area contributed by atoms with Crippen molar-refractivity contribution in [2.75, 3.05) is 25.0 Å². The summed E-state index contributed by atoms with van der Waals surface area (Å²) < 4.78 is 0. The van der Waals surface area contributed by atoms with Crippen molar-refractivity contribution < 1.29 is 9.59 Å². The summed E-state index contributed by atoms with van der Waals surface area (Å²) in [4.78, 5) is 30.1. The molecule has 1 aromatic carbocycles. The van der Waals surface area contributed by atoms with E-state index >= 15 is 0 Å². The van der Waals surface area contributed by atoms with E-state index in [4.69, 9.17) is 10.7 Å². The number of carbonyl (C=O) groups is 2. The van der Waals surface area contributed by atoms with Crippen LogP contribution in [0, 0.1) is 5.92 Å². The molecule has 1 aromatic rings. The Kier molecular flexibility index (Phi) is 11.6. The number of guanidine groups is 1. The van der Waals surface area contributed by atoms with Gasteiger partial charge in [0.15, 0.2) is 5.96 Å². The van der Waals surface area contributed by atoms with E-state index in [1.54, 1.807) is 0 Å². The van der Waals surface area contributed by atoms with Crippen LogP contribution in [0.15, 0.2) is 29.3 Å². The Hall–Kier alpha value is -1.84. The second kappa shape index (κ2) is 13.4. The van der Waals surface area contributed by atoms with Gasteiger partial charge in [0.2, 0.25) is 11.8 Å². The maximum Gasteiger partial charge on any atom is 0.224 e. The molecule has 0 bridgehead atoms.